The molecule has 9 heavy (non-hydrogen) atoms. The van der Waals surface area contributed by atoms with Crippen molar-refractivity contribution < 1.29 is 9.90 Å². The summed E-state index contributed by atoms with van der Waals surface area (Å²) in [7, 11) is 0. The summed E-state index contributed by atoms with van der Waals surface area (Å²) in [6.07, 6.45) is 2.79. The number of carboxylic acids is 1. The first-order chi connectivity index (χ1) is 4.29. The van der Waals surface area contributed by atoms with Gasteiger partial charge in [-0.2, -0.15) is 0 Å². The normalized spacial score (nSPS) is 9.33. The van der Waals surface area contributed by atoms with Gasteiger partial charge in [0.1, 0.15) is 0 Å². The molecular weight excluding hydrogens is 120 g/mol. The Kier molecular flexibility index (Phi) is 1.48. The van der Waals surface area contributed by atoms with Crippen molar-refractivity contribution in [1.82, 2.24) is 9.97 Å². The molecule has 0 saturated carbocycles. The summed E-state index contributed by atoms with van der Waals surface area (Å²) in [6, 6.07) is 0. The van der Waals surface area contributed by atoms with Gasteiger partial charge in [-0.3, -0.25) is 0 Å². The second-order valence-electron chi connectivity index (χ2n) is 1.63. The van der Waals surface area contributed by atoms with Crippen LogP contribution in [0.5, 0.6) is 0 Å². The number of carboxylic acid groups (broad SMARTS) is 1. The average molecular weight is 125 g/mol. The average Bonchev–Trinajstić information content (AvgIpc) is 2.15. The van der Waals surface area contributed by atoms with Crippen molar-refractivity contribution in [3.8, 4) is 0 Å². The molecule has 0 saturated heterocycles. The van der Waals surface area contributed by atoms with Crippen molar-refractivity contribution in [3.63, 3.8) is 0 Å². The number of hydrogen-bond donors (Lipinski definition) is 1. The molecule has 0 unspecified atom stereocenters. The van der Waals surface area contributed by atoms with E-state index in [2.05, 4.69) is 9.97 Å². The van der Waals surface area contributed by atoms with Gasteiger partial charge in [0.15, 0.2) is 0 Å². The van der Waals surface area contributed by atoms with E-state index in [1.807, 2.05) is 0 Å². The molecule has 0 aliphatic rings. The Labute approximate surface area is 51.5 Å². The molecule has 0 amide bonds. The smallest absolute Gasteiger partial charge is 0.0921 e. The van der Waals surface area contributed by atoms with E-state index in [0.29, 0.717) is 5.69 Å². The Morgan fingerprint density at radius 2 is 2.67 bits per heavy atom. The molecule has 0 atom stereocenters. The van der Waals surface area contributed by atoms with Crippen LogP contribution in [-0.4, -0.2) is 15.9 Å². The maximum absolute atomic E-state index is 9.91. The molecule has 4 nitrogen and oxygen atoms in total. The first kappa shape index (κ1) is 5.81. The molecule has 1 aromatic heterocycles. The fourth-order valence-corrected chi connectivity index (χ4v) is 0.537. The summed E-state index contributed by atoms with van der Waals surface area (Å²) >= 11 is 0. The molecule has 1 aromatic rings. The molecular formula is C5H5N2O2-. The zero-order chi connectivity index (χ0) is 6.69. The lowest BCUT2D eigenvalue weighted by Crippen LogP contribution is -2.24. The number of H-pyrrole nitrogens is 1. The Morgan fingerprint density at radius 3 is 3.11 bits per heavy atom. The Morgan fingerprint density at radius 1 is 1.89 bits per heavy atom. The Hall–Kier alpha value is -1.32. The monoisotopic (exact) mass is 125 g/mol. The van der Waals surface area contributed by atoms with Gasteiger partial charge in [0.05, 0.1) is 6.33 Å². The number of aromatic amines is 1. The number of aliphatic carboxylic acids is 1. The lowest BCUT2D eigenvalue weighted by atomic mass is 10.3. The molecule has 0 aliphatic heterocycles. The molecule has 48 valence electrons. The van der Waals surface area contributed by atoms with Gasteiger partial charge in [-0.05, 0) is 0 Å². The highest BCUT2D eigenvalue weighted by molar-refractivity contribution is 5.66. The van der Waals surface area contributed by atoms with E-state index in [-0.39, 0.29) is 6.42 Å². The van der Waals surface area contributed by atoms with Crippen molar-refractivity contribution in [2.75, 3.05) is 0 Å². The maximum Gasteiger partial charge on any atom is 0.0921 e. The van der Waals surface area contributed by atoms with Crippen LogP contribution in [-0.2, 0) is 11.2 Å². The van der Waals surface area contributed by atoms with E-state index < -0.39 is 5.97 Å². The zero-order valence-corrected chi connectivity index (χ0v) is 4.63. The second kappa shape index (κ2) is 2.30. The van der Waals surface area contributed by atoms with Crippen molar-refractivity contribution in [1.29, 1.82) is 0 Å². The third-order valence-corrected chi connectivity index (χ3v) is 0.890. The minimum absolute atomic E-state index is 0.0972. The number of carbonyl (C=O) groups excluding carboxylic acids is 1. The number of nitrogens with zero attached hydrogens (tertiary/aromatic N) is 1. The number of rotatable bonds is 2. The van der Waals surface area contributed by atoms with Gasteiger partial charge in [-0.25, -0.2) is 4.98 Å². The van der Waals surface area contributed by atoms with E-state index in [1.165, 1.54) is 12.5 Å². The lowest BCUT2D eigenvalue weighted by Gasteiger charge is -1.95. The van der Waals surface area contributed by atoms with Crippen LogP contribution in [0, 0.1) is 0 Å². The number of carbonyl (C=O) groups is 1. The lowest BCUT2D eigenvalue weighted by molar-refractivity contribution is -0.304. The highest BCUT2D eigenvalue weighted by Crippen LogP contribution is 1.89. The predicted octanol–water partition coefficient (Wildman–Crippen LogP) is -1.30. The highest BCUT2D eigenvalue weighted by Gasteiger charge is 1.90. The molecule has 0 aliphatic carbocycles. The predicted molar refractivity (Wildman–Crippen MR) is 27.3 cm³/mol. The zero-order valence-electron chi connectivity index (χ0n) is 4.63. The SMILES string of the molecule is O=C([O-])Cc1cnc[nH]1. The molecule has 0 aromatic carbocycles. The minimum Gasteiger partial charge on any atom is -0.550 e. The van der Waals surface area contributed by atoms with Crippen molar-refractivity contribution in [2.45, 2.75) is 6.42 Å². The van der Waals surface area contributed by atoms with Crippen LogP contribution < -0.4 is 5.11 Å². The number of imidazole rings is 1. The summed E-state index contributed by atoms with van der Waals surface area (Å²) in [4.78, 5) is 16.2. The molecule has 4 heteroatoms. The summed E-state index contributed by atoms with van der Waals surface area (Å²) in [5.74, 6) is -1.10. The second-order valence-corrected chi connectivity index (χ2v) is 1.63. The summed E-state index contributed by atoms with van der Waals surface area (Å²) in [5, 5.41) is 9.91. The first-order valence-electron chi connectivity index (χ1n) is 2.46. The van der Waals surface area contributed by atoms with Crippen LogP contribution in [0.15, 0.2) is 12.5 Å². The van der Waals surface area contributed by atoms with Gasteiger partial charge < -0.3 is 14.9 Å². The first-order valence-corrected chi connectivity index (χ1v) is 2.46. The summed E-state index contributed by atoms with van der Waals surface area (Å²) in [6.45, 7) is 0. The number of aromatic nitrogens is 2. The van der Waals surface area contributed by atoms with Crippen LogP contribution in [0.3, 0.4) is 0 Å². The Bertz CT molecular complexity index is 193. The third kappa shape index (κ3) is 1.56. The van der Waals surface area contributed by atoms with Gasteiger partial charge in [-0.15, -0.1) is 0 Å². The fraction of sp³-hybridized carbons (Fsp3) is 0.200. The largest absolute Gasteiger partial charge is 0.550 e. The summed E-state index contributed by atoms with van der Waals surface area (Å²) in [5.41, 5.74) is 0.565. The molecule has 0 bridgehead atoms. The van der Waals surface area contributed by atoms with Gasteiger partial charge in [0.2, 0.25) is 0 Å². The van der Waals surface area contributed by atoms with E-state index >= 15 is 0 Å². The van der Waals surface area contributed by atoms with Gasteiger partial charge in [-0.1, -0.05) is 0 Å². The maximum atomic E-state index is 9.91. The van der Waals surface area contributed by atoms with Gasteiger partial charge >= 0.3 is 0 Å². The van der Waals surface area contributed by atoms with Gasteiger partial charge in [0, 0.05) is 24.3 Å². The topological polar surface area (TPSA) is 68.8 Å². The molecule has 0 spiro atoms. The van der Waals surface area contributed by atoms with E-state index in [4.69, 9.17) is 0 Å². The minimum atomic E-state index is -1.10. The summed E-state index contributed by atoms with van der Waals surface area (Å²) < 4.78 is 0. The van der Waals surface area contributed by atoms with E-state index in [0.717, 1.165) is 0 Å². The third-order valence-electron chi connectivity index (χ3n) is 0.890. The van der Waals surface area contributed by atoms with Gasteiger partial charge in [0.25, 0.3) is 0 Å². The van der Waals surface area contributed by atoms with E-state index in [9.17, 15) is 9.90 Å². The molecule has 1 rings (SSSR count). The van der Waals surface area contributed by atoms with Crippen LogP contribution in [0.25, 0.3) is 0 Å². The van der Waals surface area contributed by atoms with Crippen LogP contribution in [0.1, 0.15) is 5.69 Å². The Balaban J connectivity index is 2.58. The van der Waals surface area contributed by atoms with Crippen LogP contribution >= 0.6 is 0 Å². The molecule has 1 heterocycles. The quantitative estimate of drug-likeness (QED) is 0.534. The standard InChI is InChI=1S/C5H6N2O2/c8-5(9)1-4-2-6-3-7-4/h2-3H,1H2,(H,6,7)(H,8,9)/p-1. The van der Waals surface area contributed by atoms with Crippen LogP contribution in [0.2, 0.25) is 0 Å². The van der Waals surface area contributed by atoms with E-state index in [1.54, 1.807) is 0 Å². The fourth-order valence-electron chi connectivity index (χ4n) is 0.537. The van der Waals surface area contributed by atoms with Crippen molar-refractivity contribution >= 4 is 5.97 Å². The molecule has 1 N–H and O–H groups in total. The van der Waals surface area contributed by atoms with Crippen molar-refractivity contribution in [2.24, 2.45) is 0 Å². The number of hydrogen-bond acceptors (Lipinski definition) is 3. The molecule has 0 fully saturated rings. The number of nitrogens with one attached hydrogen (secondary N) is 1. The molecule has 0 radical (unpaired) electrons. The van der Waals surface area contributed by atoms with Crippen molar-refractivity contribution in [3.05, 3.63) is 18.2 Å². The van der Waals surface area contributed by atoms with Crippen LogP contribution in [0.4, 0.5) is 0 Å². The highest BCUT2D eigenvalue weighted by atomic mass is 16.4.